The molecule has 14 heavy (non-hydrogen) atoms. The number of nitrogens with zero attached hydrogens (tertiary/aromatic N) is 1. The Kier molecular flexibility index (Phi) is 2.00. The van der Waals surface area contributed by atoms with Gasteiger partial charge in [0.25, 0.3) is 0 Å². The zero-order valence-corrected chi connectivity index (χ0v) is 8.08. The first kappa shape index (κ1) is 8.81. The molecular weight excluding hydrogens is 176 g/mol. The molecule has 2 rings (SSSR count). The second kappa shape index (κ2) is 3.18. The second-order valence-corrected chi connectivity index (χ2v) is 3.30. The molecule has 72 valence electrons. The normalized spacial score (nSPS) is 15.9. The average Bonchev–Trinajstić information content (AvgIpc) is 2.33. The fourth-order valence-corrected chi connectivity index (χ4v) is 1.55. The molecule has 1 aromatic carbocycles. The van der Waals surface area contributed by atoms with Crippen molar-refractivity contribution in [3.63, 3.8) is 0 Å². The molecule has 0 aliphatic carbocycles. The van der Waals surface area contributed by atoms with E-state index in [0.29, 0.717) is 6.54 Å². The highest BCUT2D eigenvalue weighted by atomic mass is 16.2. The van der Waals surface area contributed by atoms with Crippen LogP contribution in [-0.4, -0.2) is 19.5 Å². The van der Waals surface area contributed by atoms with Crippen molar-refractivity contribution in [2.24, 2.45) is 0 Å². The molecule has 1 amide bonds. The summed E-state index contributed by atoms with van der Waals surface area (Å²) in [6.45, 7) is 4.20. The number of para-hydroxylation sites is 1. The number of carbonyl (C=O) groups excluding carboxylic acids is 1. The first-order chi connectivity index (χ1) is 6.70. The van der Waals surface area contributed by atoms with Crippen molar-refractivity contribution in [3.05, 3.63) is 36.4 Å². The summed E-state index contributed by atoms with van der Waals surface area (Å²) in [5, 5.41) is 3.00. The summed E-state index contributed by atoms with van der Waals surface area (Å²) in [4.78, 5) is 13.2. The molecule has 1 N–H and O–H groups in total. The number of amides is 1. The Bertz CT molecular complexity index is 398. The van der Waals surface area contributed by atoms with Crippen molar-refractivity contribution in [2.75, 3.05) is 18.5 Å². The van der Waals surface area contributed by atoms with E-state index in [2.05, 4.69) is 11.9 Å². The predicted molar refractivity (Wildman–Crippen MR) is 56.9 cm³/mol. The molecule has 0 radical (unpaired) electrons. The summed E-state index contributed by atoms with van der Waals surface area (Å²) in [6, 6.07) is 7.74. The zero-order chi connectivity index (χ0) is 10.1. The summed E-state index contributed by atoms with van der Waals surface area (Å²) in [6.07, 6.45) is 0. The molecule has 0 fully saturated rings. The predicted octanol–water partition coefficient (Wildman–Crippen LogP) is 1.22. The number of hydrogen-bond acceptors (Lipinski definition) is 2. The molecule has 0 aromatic heterocycles. The SMILES string of the molecule is C=C1NCC(=O)N(C)c2ccccc21. The Morgan fingerprint density at radius 2 is 2.14 bits per heavy atom. The van der Waals surface area contributed by atoms with E-state index in [0.717, 1.165) is 16.9 Å². The van der Waals surface area contributed by atoms with Crippen LogP contribution in [0.1, 0.15) is 5.56 Å². The molecule has 0 atom stereocenters. The quantitative estimate of drug-likeness (QED) is 0.664. The van der Waals surface area contributed by atoms with Crippen molar-refractivity contribution in [1.29, 1.82) is 0 Å². The number of anilines is 1. The lowest BCUT2D eigenvalue weighted by molar-refractivity contribution is -0.117. The minimum Gasteiger partial charge on any atom is -0.376 e. The van der Waals surface area contributed by atoms with E-state index in [1.54, 1.807) is 11.9 Å². The highest BCUT2D eigenvalue weighted by Crippen LogP contribution is 2.25. The van der Waals surface area contributed by atoms with Gasteiger partial charge in [0.1, 0.15) is 0 Å². The Balaban J connectivity index is 2.57. The van der Waals surface area contributed by atoms with Crippen LogP contribution in [0.2, 0.25) is 0 Å². The van der Waals surface area contributed by atoms with E-state index in [-0.39, 0.29) is 5.91 Å². The number of fused-ring (bicyclic) bond motifs is 1. The smallest absolute Gasteiger partial charge is 0.246 e. The van der Waals surface area contributed by atoms with Gasteiger partial charge in [0.05, 0.1) is 12.2 Å². The minimum absolute atomic E-state index is 0.0519. The molecule has 1 heterocycles. The van der Waals surface area contributed by atoms with E-state index in [9.17, 15) is 4.79 Å². The van der Waals surface area contributed by atoms with Gasteiger partial charge < -0.3 is 10.2 Å². The maximum Gasteiger partial charge on any atom is 0.246 e. The number of carbonyl (C=O) groups is 1. The van der Waals surface area contributed by atoms with Gasteiger partial charge in [0, 0.05) is 18.3 Å². The van der Waals surface area contributed by atoms with Crippen molar-refractivity contribution in [2.45, 2.75) is 0 Å². The molecule has 0 unspecified atom stereocenters. The summed E-state index contributed by atoms with van der Waals surface area (Å²) in [7, 11) is 1.78. The van der Waals surface area contributed by atoms with Crippen molar-refractivity contribution in [3.8, 4) is 0 Å². The van der Waals surface area contributed by atoms with Gasteiger partial charge in [-0.3, -0.25) is 4.79 Å². The maximum atomic E-state index is 11.5. The highest BCUT2D eigenvalue weighted by Gasteiger charge is 2.19. The second-order valence-electron chi connectivity index (χ2n) is 3.30. The van der Waals surface area contributed by atoms with Gasteiger partial charge in [-0.05, 0) is 6.07 Å². The van der Waals surface area contributed by atoms with Crippen LogP contribution in [0, 0.1) is 0 Å². The lowest BCUT2D eigenvalue weighted by Crippen LogP contribution is -2.31. The van der Waals surface area contributed by atoms with E-state index in [1.165, 1.54) is 0 Å². The minimum atomic E-state index is 0.0519. The van der Waals surface area contributed by atoms with E-state index >= 15 is 0 Å². The third-order valence-corrected chi connectivity index (χ3v) is 2.42. The van der Waals surface area contributed by atoms with Crippen LogP contribution in [0.3, 0.4) is 0 Å². The van der Waals surface area contributed by atoms with Crippen molar-refractivity contribution < 1.29 is 4.79 Å². The van der Waals surface area contributed by atoms with Crippen LogP contribution in [0.15, 0.2) is 30.8 Å². The summed E-state index contributed by atoms with van der Waals surface area (Å²) >= 11 is 0. The maximum absolute atomic E-state index is 11.5. The molecule has 1 aliphatic heterocycles. The standard InChI is InChI=1S/C11H12N2O/c1-8-9-5-3-4-6-10(9)13(2)11(14)7-12-8/h3-6,12H,1,7H2,2H3. The van der Waals surface area contributed by atoms with Gasteiger partial charge in [-0.25, -0.2) is 0 Å². The summed E-state index contributed by atoms with van der Waals surface area (Å²) in [5.41, 5.74) is 2.70. The molecule has 1 aromatic rings. The first-order valence-electron chi connectivity index (χ1n) is 4.49. The number of benzene rings is 1. The lowest BCUT2D eigenvalue weighted by Gasteiger charge is -2.16. The van der Waals surface area contributed by atoms with Crippen molar-refractivity contribution >= 4 is 17.3 Å². The third kappa shape index (κ3) is 1.27. The van der Waals surface area contributed by atoms with Gasteiger partial charge in [-0.2, -0.15) is 0 Å². The van der Waals surface area contributed by atoms with Crippen LogP contribution < -0.4 is 10.2 Å². The van der Waals surface area contributed by atoms with E-state index < -0.39 is 0 Å². The van der Waals surface area contributed by atoms with Gasteiger partial charge in [-0.1, -0.05) is 24.8 Å². The van der Waals surface area contributed by atoms with Gasteiger partial charge in [0.2, 0.25) is 5.91 Å². The number of nitrogens with one attached hydrogen (secondary N) is 1. The number of likely N-dealkylation sites (N-methyl/N-ethyl adjacent to an activating group) is 1. The Morgan fingerprint density at radius 1 is 1.43 bits per heavy atom. The number of rotatable bonds is 0. The van der Waals surface area contributed by atoms with Crippen molar-refractivity contribution in [1.82, 2.24) is 5.32 Å². The van der Waals surface area contributed by atoms with E-state index in [4.69, 9.17) is 0 Å². The van der Waals surface area contributed by atoms with Crippen LogP contribution in [0.25, 0.3) is 5.70 Å². The van der Waals surface area contributed by atoms with Crippen LogP contribution in [0.5, 0.6) is 0 Å². The van der Waals surface area contributed by atoms with Gasteiger partial charge in [0.15, 0.2) is 0 Å². The van der Waals surface area contributed by atoms with Gasteiger partial charge in [-0.15, -0.1) is 0 Å². The van der Waals surface area contributed by atoms with Crippen LogP contribution >= 0.6 is 0 Å². The zero-order valence-electron chi connectivity index (χ0n) is 8.08. The third-order valence-electron chi connectivity index (χ3n) is 2.42. The monoisotopic (exact) mass is 188 g/mol. The molecular formula is C11H12N2O. The Hall–Kier alpha value is -1.77. The Labute approximate surface area is 83.0 Å². The molecule has 3 nitrogen and oxygen atoms in total. The van der Waals surface area contributed by atoms with E-state index in [1.807, 2.05) is 24.3 Å². The molecule has 3 heteroatoms. The molecule has 0 saturated carbocycles. The molecule has 1 aliphatic rings. The number of hydrogen-bond donors (Lipinski definition) is 1. The topological polar surface area (TPSA) is 32.3 Å². The molecule has 0 spiro atoms. The summed E-state index contributed by atoms with van der Waals surface area (Å²) in [5.74, 6) is 0.0519. The van der Waals surface area contributed by atoms with Crippen LogP contribution in [0.4, 0.5) is 5.69 Å². The average molecular weight is 188 g/mol. The van der Waals surface area contributed by atoms with Crippen LogP contribution in [-0.2, 0) is 4.79 Å². The lowest BCUT2D eigenvalue weighted by atomic mass is 10.1. The highest BCUT2D eigenvalue weighted by molar-refractivity contribution is 5.99. The fraction of sp³-hybridized carbons (Fsp3) is 0.182. The Morgan fingerprint density at radius 3 is 2.93 bits per heavy atom. The fourth-order valence-electron chi connectivity index (χ4n) is 1.55. The summed E-state index contributed by atoms with van der Waals surface area (Å²) < 4.78 is 0. The molecule has 0 bridgehead atoms. The van der Waals surface area contributed by atoms with Gasteiger partial charge >= 0.3 is 0 Å². The molecule has 0 saturated heterocycles. The largest absolute Gasteiger partial charge is 0.376 e. The first-order valence-corrected chi connectivity index (χ1v) is 4.49.